The summed E-state index contributed by atoms with van der Waals surface area (Å²) in [7, 11) is 0. The lowest BCUT2D eigenvalue weighted by atomic mass is 9.83. The molecule has 3 rings (SSSR count). The van der Waals surface area contributed by atoms with Crippen molar-refractivity contribution >= 4 is 0 Å². The number of likely N-dealkylation sites (tertiary alicyclic amines) is 1. The predicted molar refractivity (Wildman–Crippen MR) is 85.0 cm³/mol. The minimum absolute atomic E-state index is 0.785. The molecule has 0 spiro atoms. The molecule has 2 heterocycles. The van der Waals surface area contributed by atoms with Crippen molar-refractivity contribution in [1.29, 1.82) is 0 Å². The van der Waals surface area contributed by atoms with Crippen LogP contribution in [0.5, 0.6) is 0 Å². The third-order valence-corrected chi connectivity index (χ3v) is 5.84. The second kappa shape index (κ2) is 7.24. The fraction of sp³-hybridized carbons (Fsp3) is 1.00. The average molecular weight is 279 g/mol. The van der Waals surface area contributed by atoms with Gasteiger partial charge in [0, 0.05) is 38.8 Å². The maximum absolute atomic E-state index is 3.81. The van der Waals surface area contributed by atoms with Gasteiger partial charge >= 0.3 is 0 Å². The normalized spacial score (nSPS) is 34.6. The summed E-state index contributed by atoms with van der Waals surface area (Å²) in [6.07, 6.45) is 8.78. The van der Waals surface area contributed by atoms with Gasteiger partial charge in [-0.25, -0.2) is 0 Å². The molecule has 3 aliphatic rings. The highest BCUT2D eigenvalue weighted by Gasteiger charge is 2.30. The van der Waals surface area contributed by atoms with E-state index in [1.165, 1.54) is 84.3 Å². The molecular formula is C17H33N3. The zero-order chi connectivity index (χ0) is 13.8. The van der Waals surface area contributed by atoms with Gasteiger partial charge in [0.05, 0.1) is 0 Å². The van der Waals surface area contributed by atoms with E-state index >= 15 is 0 Å². The van der Waals surface area contributed by atoms with Crippen molar-refractivity contribution in [2.75, 3.05) is 45.8 Å². The average Bonchev–Trinajstić information content (AvgIpc) is 2.96. The van der Waals surface area contributed by atoms with Crippen LogP contribution in [-0.2, 0) is 0 Å². The molecule has 1 N–H and O–H groups in total. The van der Waals surface area contributed by atoms with Gasteiger partial charge in [0.25, 0.3) is 0 Å². The zero-order valence-corrected chi connectivity index (χ0v) is 13.3. The first-order valence-electron chi connectivity index (χ1n) is 9.03. The molecule has 3 heteroatoms. The Labute approximate surface area is 125 Å². The van der Waals surface area contributed by atoms with E-state index in [4.69, 9.17) is 0 Å². The van der Waals surface area contributed by atoms with E-state index < -0.39 is 0 Å². The summed E-state index contributed by atoms with van der Waals surface area (Å²) in [6, 6.07) is 0.785. The van der Waals surface area contributed by atoms with Gasteiger partial charge in [-0.05, 0) is 44.2 Å². The van der Waals surface area contributed by atoms with Crippen LogP contribution in [0.15, 0.2) is 0 Å². The molecule has 3 nitrogen and oxygen atoms in total. The van der Waals surface area contributed by atoms with Crippen LogP contribution in [0.4, 0.5) is 0 Å². The van der Waals surface area contributed by atoms with Crippen LogP contribution >= 0.6 is 0 Å². The molecule has 3 fully saturated rings. The van der Waals surface area contributed by atoms with Crippen LogP contribution < -0.4 is 5.32 Å². The first kappa shape index (κ1) is 14.8. The van der Waals surface area contributed by atoms with Gasteiger partial charge in [0.15, 0.2) is 0 Å². The van der Waals surface area contributed by atoms with Gasteiger partial charge in [0.1, 0.15) is 0 Å². The van der Waals surface area contributed by atoms with Gasteiger partial charge in [-0.1, -0.05) is 26.2 Å². The number of nitrogens with one attached hydrogen (secondary N) is 1. The van der Waals surface area contributed by atoms with Crippen molar-refractivity contribution in [2.24, 2.45) is 11.8 Å². The lowest BCUT2D eigenvalue weighted by Gasteiger charge is -2.40. The molecule has 0 amide bonds. The molecule has 0 bridgehead atoms. The molecule has 0 aromatic heterocycles. The van der Waals surface area contributed by atoms with E-state index in [2.05, 4.69) is 22.0 Å². The van der Waals surface area contributed by atoms with Gasteiger partial charge in [-0.3, -0.25) is 0 Å². The Balaban J connectivity index is 1.45. The Morgan fingerprint density at radius 3 is 2.55 bits per heavy atom. The molecule has 1 saturated carbocycles. The Kier molecular flexibility index (Phi) is 5.36. The molecule has 2 unspecified atom stereocenters. The van der Waals surface area contributed by atoms with Crippen LogP contribution in [-0.4, -0.2) is 61.7 Å². The molecule has 20 heavy (non-hydrogen) atoms. The molecule has 0 radical (unpaired) electrons. The van der Waals surface area contributed by atoms with Crippen molar-refractivity contribution in [3.63, 3.8) is 0 Å². The Hall–Kier alpha value is -0.120. The number of hydrogen-bond acceptors (Lipinski definition) is 3. The Morgan fingerprint density at radius 2 is 1.80 bits per heavy atom. The zero-order valence-electron chi connectivity index (χ0n) is 13.3. The second-order valence-corrected chi connectivity index (χ2v) is 7.27. The topological polar surface area (TPSA) is 18.5 Å². The smallest absolute Gasteiger partial charge is 0.0223 e. The van der Waals surface area contributed by atoms with Gasteiger partial charge < -0.3 is 15.1 Å². The summed E-state index contributed by atoms with van der Waals surface area (Å²) in [5, 5.41) is 3.81. The molecular weight excluding hydrogens is 246 g/mol. The molecule has 2 aliphatic heterocycles. The summed E-state index contributed by atoms with van der Waals surface area (Å²) < 4.78 is 0. The van der Waals surface area contributed by atoms with Crippen molar-refractivity contribution in [3.05, 3.63) is 0 Å². The summed E-state index contributed by atoms with van der Waals surface area (Å²) in [6.45, 7) is 11.4. The minimum atomic E-state index is 0.785. The standard InChI is InChI=1S/C17H33N3/c1-2-19-10-8-15(12-19)13-20-11-9-18-17(14-20)16-6-4-3-5-7-16/h15-18H,2-14H2,1H3. The van der Waals surface area contributed by atoms with Crippen LogP contribution in [0, 0.1) is 11.8 Å². The molecule has 0 aromatic carbocycles. The SMILES string of the molecule is CCN1CCC(CN2CCNC(C3CCCCC3)C2)C1. The molecule has 1 aliphatic carbocycles. The number of nitrogens with zero attached hydrogens (tertiary/aromatic N) is 2. The van der Waals surface area contributed by atoms with E-state index in [-0.39, 0.29) is 0 Å². The van der Waals surface area contributed by atoms with Crippen molar-refractivity contribution in [3.8, 4) is 0 Å². The van der Waals surface area contributed by atoms with E-state index in [1.807, 2.05) is 0 Å². The van der Waals surface area contributed by atoms with Gasteiger partial charge in [0.2, 0.25) is 0 Å². The number of hydrogen-bond donors (Lipinski definition) is 1. The van der Waals surface area contributed by atoms with Crippen LogP contribution in [0.3, 0.4) is 0 Å². The van der Waals surface area contributed by atoms with Crippen molar-refractivity contribution < 1.29 is 0 Å². The van der Waals surface area contributed by atoms with E-state index in [0.717, 1.165) is 17.9 Å². The summed E-state index contributed by atoms with van der Waals surface area (Å²) in [5.41, 5.74) is 0. The largest absolute Gasteiger partial charge is 0.311 e. The summed E-state index contributed by atoms with van der Waals surface area (Å²) in [4.78, 5) is 5.38. The maximum Gasteiger partial charge on any atom is 0.0223 e. The number of rotatable bonds is 4. The van der Waals surface area contributed by atoms with Crippen molar-refractivity contribution in [2.45, 2.75) is 51.5 Å². The highest BCUT2D eigenvalue weighted by atomic mass is 15.2. The van der Waals surface area contributed by atoms with E-state index in [1.54, 1.807) is 0 Å². The monoisotopic (exact) mass is 279 g/mol. The summed E-state index contributed by atoms with van der Waals surface area (Å²) in [5.74, 6) is 1.89. The number of piperazine rings is 1. The van der Waals surface area contributed by atoms with Gasteiger partial charge in [-0.2, -0.15) is 0 Å². The fourth-order valence-electron chi connectivity index (χ4n) is 4.57. The predicted octanol–water partition coefficient (Wildman–Crippen LogP) is 2.18. The lowest BCUT2D eigenvalue weighted by molar-refractivity contribution is 0.131. The van der Waals surface area contributed by atoms with Crippen molar-refractivity contribution in [1.82, 2.24) is 15.1 Å². The van der Waals surface area contributed by atoms with Gasteiger partial charge in [-0.15, -0.1) is 0 Å². The van der Waals surface area contributed by atoms with Crippen LogP contribution in [0.25, 0.3) is 0 Å². The first-order chi connectivity index (χ1) is 9.85. The quantitative estimate of drug-likeness (QED) is 0.851. The summed E-state index contributed by atoms with van der Waals surface area (Å²) >= 11 is 0. The van der Waals surface area contributed by atoms with E-state index in [9.17, 15) is 0 Å². The molecule has 116 valence electrons. The third-order valence-electron chi connectivity index (χ3n) is 5.84. The van der Waals surface area contributed by atoms with Crippen LogP contribution in [0.1, 0.15) is 45.4 Å². The second-order valence-electron chi connectivity index (χ2n) is 7.27. The Bertz CT molecular complexity index is 288. The minimum Gasteiger partial charge on any atom is -0.311 e. The van der Waals surface area contributed by atoms with E-state index in [0.29, 0.717) is 0 Å². The third kappa shape index (κ3) is 3.75. The fourth-order valence-corrected chi connectivity index (χ4v) is 4.57. The molecule has 2 saturated heterocycles. The molecule has 0 aromatic rings. The Morgan fingerprint density at radius 1 is 0.950 bits per heavy atom. The maximum atomic E-state index is 3.81. The molecule has 2 atom stereocenters. The highest BCUT2D eigenvalue weighted by Crippen LogP contribution is 2.28. The van der Waals surface area contributed by atoms with Crippen LogP contribution in [0.2, 0.25) is 0 Å². The lowest BCUT2D eigenvalue weighted by Crippen LogP contribution is -2.54. The highest BCUT2D eigenvalue weighted by molar-refractivity contribution is 4.87. The first-order valence-corrected chi connectivity index (χ1v) is 9.03.